The number of hydrogen-bond donors (Lipinski definition) is 2. The molecule has 2 rings (SSSR count). The minimum Gasteiger partial charge on any atom is -0.507 e. The van der Waals surface area contributed by atoms with Crippen LogP contribution in [0.25, 0.3) is 0 Å². The van der Waals surface area contributed by atoms with E-state index in [4.69, 9.17) is 9.47 Å². The van der Waals surface area contributed by atoms with Crippen LogP contribution < -0.4 is 10.1 Å². The lowest BCUT2D eigenvalue weighted by Crippen LogP contribution is -2.34. The first-order valence-corrected chi connectivity index (χ1v) is 5.90. The lowest BCUT2D eigenvalue weighted by molar-refractivity contribution is 0.0760. The second kappa shape index (κ2) is 5.03. The number of nitrogens with one attached hydrogen (secondary N) is 1. The number of halogens is 1. The minimum atomic E-state index is 0.112. The van der Waals surface area contributed by atoms with Crippen LogP contribution in [0.15, 0.2) is 16.6 Å². The highest BCUT2D eigenvalue weighted by Crippen LogP contribution is 2.39. The molecule has 1 saturated heterocycles. The van der Waals surface area contributed by atoms with Crippen LogP contribution in [0, 0.1) is 0 Å². The van der Waals surface area contributed by atoms with Gasteiger partial charge in [0.1, 0.15) is 16.0 Å². The Labute approximate surface area is 103 Å². The summed E-state index contributed by atoms with van der Waals surface area (Å²) in [5.74, 6) is 0.834. The maximum atomic E-state index is 9.58. The van der Waals surface area contributed by atoms with E-state index >= 15 is 0 Å². The minimum absolute atomic E-state index is 0.112. The third-order valence-electron chi connectivity index (χ3n) is 2.61. The first-order valence-electron chi connectivity index (χ1n) is 5.10. The summed E-state index contributed by atoms with van der Waals surface area (Å²) in [6, 6.07) is 3.62. The Balaban J connectivity index is 2.35. The van der Waals surface area contributed by atoms with Crippen molar-refractivity contribution in [3.63, 3.8) is 0 Å². The number of methoxy groups -OCH3 is 1. The molecule has 0 aliphatic carbocycles. The SMILES string of the molecule is COc1c(C2COCCN2)ccc(O)c1Br. The second-order valence-electron chi connectivity index (χ2n) is 3.60. The molecule has 1 heterocycles. The lowest BCUT2D eigenvalue weighted by Gasteiger charge is -2.26. The van der Waals surface area contributed by atoms with Gasteiger partial charge in [0.2, 0.25) is 0 Å². The van der Waals surface area contributed by atoms with Crippen LogP contribution in [0.2, 0.25) is 0 Å². The molecule has 0 saturated carbocycles. The fourth-order valence-corrected chi connectivity index (χ4v) is 2.33. The summed E-state index contributed by atoms with van der Waals surface area (Å²) in [7, 11) is 1.59. The molecule has 0 bridgehead atoms. The van der Waals surface area contributed by atoms with Crippen LogP contribution in [0.5, 0.6) is 11.5 Å². The van der Waals surface area contributed by atoms with Crippen LogP contribution in [0.4, 0.5) is 0 Å². The summed E-state index contributed by atoms with van der Waals surface area (Å²) in [5, 5.41) is 12.9. The van der Waals surface area contributed by atoms with Crippen molar-refractivity contribution in [1.82, 2.24) is 5.32 Å². The number of ether oxygens (including phenoxy) is 2. The van der Waals surface area contributed by atoms with Gasteiger partial charge in [0.05, 0.1) is 26.4 Å². The lowest BCUT2D eigenvalue weighted by atomic mass is 10.1. The van der Waals surface area contributed by atoms with Crippen LogP contribution in [0.3, 0.4) is 0 Å². The van der Waals surface area contributed by atoms with Gasteiger partial charge in [-0.25, -0.2) is 0 Å². The topological polar surface area (TPSA) is 50.7 Å². The summed E-state index contributed by atoms with van der Waals surface area (Å²) >= 11 is 3.31. The van der Waals surface area contributed by atoms with Crippen molar-refractivity contribution in [2.45, 2.75) is 6.04 Å². The van der Waals surface area contributed by atoms with Crippen LogP contribution in [-0.2, 0) is 4.74 Å². The molecule has 1 aliphatic heterocycles. The molecule has 1 aromatic carbocycles. The standard InChI is InChI=1S/C11H14BrNO3/c1-15-11-7(2-3-9(14)10(11)12)8-6-16-5-4-13-8/h2-3,8,13-14H,4-6H2,1H3. The fraction of sp³-hybridized carbons (Fsp3) is 0.455. The Morgan fingerprint density at radius 3 is 3.00 bits per heavy atom. The normalized spacial score (nSPS) is 20.8. The molecule has 16 heavy (non-hydrogen) atoms. The number of phenolic OH excluding ortho intramolecular Hbond substituents is 1. The van der Waals surface area contributed by atoms with Crippen molar-refractivity contribution in [2.24, 2.45) is 0 Å². The quantitative estimate of drug-likeness (QED) is 0.871. The average molecular weight is 288 g/mol. The summed E-state index contributed by atoms with van der Waals surface area (Å²) in [6.07, 6.45) is 0. The summed E-state index contributed by atoms with van der Waals surface area (Å²) in [5.41, 5.74) is 0.992. The molecule has 1 aliphatic rings. The predicted octanol–water partition coefficient (Wildman–Crippen LogP) is 1.82. The van der Waals surface area contributed by atoms with E-state index in [2.05, 4.69) is 21.2 Å². The van der Waals surface area contributed by atoms with Gasteiger partial charge in [-0.15, -0.1) is 0 Å². The van der Waals surface area contributed by atoms with Gasteiger partial charge in [-0.3, -0.25) is 0 Å². The van der Waals surface area contributed by atoms with E-state index in [1.165, 1.54) is 0 Å². The van der Waals surface area contributed by atoms with Crippen LogP contribution in [-0.4, -0.2) is 32.0 Å². The van der Waals surface area contributed by atoms with Crippen molar-refractivity contribution in [2.75, 3.05) is 26.9 Å². The van der Waals surface area contributed by atoms with Gasteiger partial charge < -0.3 is 19.9 Å². The van der Waals surface area contributed by atoms with E-state index in [1.807, 2.05) is 6.07 Å². The Kier molecular flexibility index (Phi) is 3.68. The first-order chi connectivity index (χ1) is 7.74. The van der Waals surface area contributed by atoms with Gasteiger partial charge in [0, 0.05) is 12.1 Å². The van der Waals surface area contributed by atoms with E-state index in [0.29, 0.717) is 16.8 Å². The van der Waals surface area contributed by atoms with Gasteiger partial charge >= 0.3 is 0 Å². The van der Waals surface area contributed by atoms with Gasteiger partial charge in [-0.2, -0.15) is 0 Å². The molecule has 1 fully saturated rings. The summed E-state index contributed by atoms with van der Waals surface area (Å²) < 4.78 is 11.3. The highest BCUT2D eigenvalue weighted by molar-refractivity contribution is 9.10. The molecule has 2 N–H and O–H groups in total. The molecule has 0 radical (unpaired) electrons. The van der Waals surface area contributed by atoms with Crippen molar-refractivity contribution in [3.8, 4) is 11.5 Å². The highest BCUT2D eigenvalue weighted by Gasteiger charge is 2.21. The third-order valence-corrected chi connectivity index (χ3v) is 3.37. The smallest absolute Gasteiger partial charge is 0.141 e. The number of aromatic hydroxyl groups is 1. The number of hydrogen-bond acceptors (Lipinski definition) is 4. The summed E-state index contributed by atoms with van der Waals surface area (Å²) in [6.45, 7) is 2.18. The maximum Gasteiger partial charge on any atom is 0.141 e. The monoisotopic (exact) mass is 287 g/mol. The predicted molar refractivity (Wildman–Crippen MR) is 63.9 cm³/mol. The molecule has 4 nitrogen and oxygen atoms in total. The highest BCUT2D eigenvalue weighted by atomic mass is 79.9. The van der Waals surface area contributed by atoms with E-state index in [1.54, 1.807) is 13.2 Å². The zero-order valence-corrected chi connectivity index (χ0v) is 10.6. The zero-order chi connectivity index (χ0) is 11.5. The second-order valence-corrected chi connectivity index (χ2v) is 4.40. The Morgan fingerprint density at radius 1 is 1.56 bits per heavy atom. The molecule has 88 valence electrons. The third kappa shape index (κ3) is 2.16. The molecule has 1 aromatic rings. The molecule has 0 amide bonds. The molecule has 5 heteroatoms. The van der Waals surface area contributed by atoms with E-state index in [0.717, 1.165) is 18.7 Å². The average Bonchev–Trinajstić information content (AvgIpc) is 2.33. The molecule has 1 unspecified atom stereocenters. The molecular weight excluding hydrogens is 274 g/mol. The Hall–Kier alpha value is -0.780. The zero-order valence-electron chi connectivity index (χ0n) is 9.00. The van der Waals surface area contributed by atoms with Crippen molar-refractivity contribution in [1.29, 1.82) is 0 Å². The number of morpholine rings is 1. The largest absolute Gasteiger partial charge is 0.507 e. The molecule has 1 atom stereocenters. The van der Waals surface area contributed by atoms with Gasteiger partial charge in [0.15, 0.2) is 0 Å². The number of rotatable bonds is 2. The fourth-order valence-electron chi connectivity index (χ4n) is 1.81. The van der Waals surface area contributed by atoms with Crippen molar-refractivity contribution >= 4 is 15.9 Å². The first kappa shape index (κ1) is 11.7. The van der Waals surface area contributed by atoms with E-state index < -0.39 is 0 Å². The Morgan fingerprint density at radius 2 is 2.38 bits per heavy atom. The molecule has 0 aromatic heterocycles. The number of phenols is 1. The van der Waals surface area contributed by atoms with Gasteiger partial charge in [0.25, 0.3) is 0 Å². The van der Waals surface area contributed by atoms with Gasteiger partial charge in [-0.05, 0) is 28.1 Å². The molecule has 0 spiro atoms. The molecular formula is C11H14BrNO3. The van der Waals surface area contributed by atoms with Crippen LogP contribution in [0.1, 0.15) is 11.6 Å². The summed E-state index contributed by atoms with van der Waals surface area (Å²) in [4.78, 5) is 0. The Bertz CT molecular complexity index is 378. The van der Waals surface area contributed by atoms with Crippen LogP contribution >= 0.6 is 15.9 Å². The maximum absolute atomic E-state index is 9.58. The van der Waals surface area contributed by atoms with E-state index in [-0.39, 0.29) is 11.8 Å². The van der Waals surface area contributed by atoms with Crippen molar-refractivity contribution in [3.05, 3.63) is 22.2 Å². The van der Waals surface area contributed by atoms with Gasteiger partial charge in [-0.1, -0.05) is 0 Å². The van der Waals surface area contributed by atoms with E-state index in [9.17, 15) is 5.11 Å². The number of benzene rings is 1. The van der Waals surface area contributed by atoms with Crippen molar-refractivity contribution < 1.29 is 14.6 Å².